The third-order valence-electron chi connectivity index (χ3n) is 5.81. The summed E-state index contributed by atoms with van der Waals surface area (Å²) in [4.78, 5) is 17.4. The highest BCUT2D eigenvalue weighted by Crippen LogP contribution is 2.25. The van der Waals surface area contributed by atoms with Crippen LogP contribution >= 0.6 is 0 Å². The number of carbonyl (C=O) groups is 1. The van der Waals surface area contributed by atoms with Crippen molar-refractivity contribution in [3.8, 4) is 0 Å². The molecular weight excluding hydrogens is 312 g/mol. The first kappa shape index (κ1) is 18.2. The first-order valence-electron chi connectivity index (χ1n) is 9.66. The van der Waals surface area contributed by atoms with Crippen LogP contribution in [0, 0.1) is 13.8 Å². The molecule has 0 aromatic heterocycles. The molecule has 5 heteroatoms. The molecule has 2 aliphatic heterocycles. The van der Waals surface area contributed by atoms with E-state index in [-0.39, 0.29) is 5.91 Å². The fraction of sp³-hybridized carbons (Fsp3) is 0.650. The Morgan fingerprint density at radius 2 is 1.80 bits per heavy atom. The van der Waals surface area contributed by atoms with Gasteiger partial charge in [-0.1, -0.05) is 12.5 Å². The number of hydrogen-bond acceptors (Lipinski definition) is 4. The van der Waals surface area contributed by atoms with Crippen LogP contribution in [0.4, 0.5) is 11.4 Å². The average Bonchev–Trinajstić information content (AvgIpc) is 2.63. The normalized spacial score (nSPS) is 20.6. The van der Waals surface area contributed by atoms with Crippen molar-refractivity contribution >= 4 is 17.3 Å². The van der Waals surface area contributed by atoms with E-state index in [0.29, 0.717) is 6.54 Å². The van der Waals surface area contributed by atoms with Gasteiger partial charge < -0.3 is 16.0 Å². The number of aryl methyl sites for hydroxylation is 1. The van der Waals surface area contributed by atoms with Crippen LogP contribution in [-0.4, -0.2) is 54.5 Å². The van der Waals surface area contributed by atoms with Crippen LogP contribution in [0.15, 0.2) is 12.1 Å². The molecule has 0 saturated carbocycles. The zero-order valence-electron chi connectivity index (χ0n) is 15.7. The van der Waals surface area contributed by atoms with Crippen LogP contribution in [0.5, 0.6) is 0 Å². The summed E-state index contributed by atoms with van der Waals surface area (Å²) in [6, 6.07) is 4.58. The highest BCUT2D eigenvalue weighted by Gasteiger charge is 2.26. The van der Waals surface area contributed by atoms with E-state index in [0.717, 1.165) is 41.6 Å². The second-order valence-electron chi connectivity index (χ2n) is 7.62. The van der Waals surface area contributed by atoms with Crippen LogP contribution in [0.1, 0.15) is 43.2 Å². The molecule has 5 nitrogen and oxygen atoms in total. The Bertz CT molecular complexity index is 602. The second-order valence-corrected chi connectivity index (χ2v) is 7.62. The summed E-state index contributed by atoms with van der Waals surface area (Å²) in [6.07, 6.45) is 6.45. The lowest BCUT2D eigenvalue weighted by atomic mass is 10.00. The highest BCUT2D eigenvalue weighted by atomic mass is 16.2. The van der Waals surface area contributed by atoms with E-state index in [4.69, 9.17) is 5.73 Å². The van der Waals surface area contributed by atoms with Crippen molar-refractivity contribution in [3.05, 3.63) is 23.3 Å². The number of piperidine rings is 2. The van der Waals surface area contributed by atoms with Gasteiger partial charge in [0.2, 0.25) is 5.91 Å². The first-order chi connectivity index (χ1) is 12.0. The van der Waals surface area contributed by atoms with Crippen molar-refractivity contribution < 1.29 is 4.79 Å². The van der Waals surface area contributed by atoms with Crippen molar-refractivity contribution in [3.63, 3.8) is 0 Å². The maximum atomic E-state index is 12.5. The molecule has 2 aliphatic rings. The smallest absolute Gasteiger partial charge is 0.238 e. The summed E-state index contributed by atoms with van der Waals surface area (Å²) >= 11 is 0. The Morgan fingerprint density at radius 1 is 1.12 bits per heavy atom. The van der Waals surface area contributed by atoms with Gasteiger partial charge in [0.25, 0.3) is 0 Å². The Morgan fingerprint density at radius 3 is 2.48 bits per heavy atom. The molecule has 2 saturated heterocycles. The lowest BCUT2D eigenvalue weighted by Gasteiger charge is -2.40. The van der Waals surface area contributed by atoms with Crippen LogP contribution in [0.3, 0.4) is 0 Å². The van der Waals surface area contributed by atoms with Gasteiger partial charge in [-0.15, -0.1) is 0 Å². The van der Waals surface area contributed by atoms with Gasteiger partial charge in [0.15, 0.2) is 0 Å². The largest absolute Gasteiger partial charge is 0.398 e. The molecule has 0 radical (unpaired) electrons. The maximum Gasteiger partial charge on any atom is 0.238 e. The van der Waals surface area contributed by atoms with Gasteiger partial charge in [0.05, 0.1) is 6.54 Å². The molecule has 138 valence electrons. The lowest BCUT2D eigenvalue weighted by molar-refractivity contribution is -0.117. The molecule has 0 unspecified atom stereocenters. The minimum Gasteiger partial charge on any atom is -0.398 e. The summed E-state index contributed by atoms with van der Waals surface area (Å²) in [5, 5.41) is 3.07. The number of likely N-dealkylation sites (tertiary alicyclic amines) is 2. The molecule has 1 aromatic rings. The third-order valence-corrected chi connectivity index (χ3v) is 5.81. The molecule has 1 amide bonds. The molecule has 2 heterocycles. The number of nitrogens with zero attached hydrogens (tertiary/aromatic N) is 2. The molecule has 3 rings (SSSR count). The van der Waals surface area contributed by atoms with E-state index < -0.39 is 0 Å². The molecule has 25 heavy (non-hydrogen) atoms. The van der Waals surface area contributed by atoms with Crippen LogP contribution in [0.2, 0.25) is 0 Å². The van der Waals surface area contributed by atoms with E-state index in [1.54, 1.807) is 0 Å². The first-order valence-corrected chi connectivity index (χ1v) is 9.66. The number of rotatable bonds is 4. The number of anilines is 2. The summed E-state index contributed by atoms with van der Waals surface area (Å²) in [7, 11) is 0. The number of amides is 1. The summed E-state index contributed by atoms with van der Waals surface area (Å²) in [6.45, 7) is 9.00. The number of hydrogen-bond donors (Lipinski definition) is 2. The molecule has 0 aliphatic carbocycles. The standard InChI is InChI=1S/C20H32N4O/c1-15-6-7-18(21)16(2)20(15)22-19(25)14-23-12-8-17(9-13-23)24-10-4-3-5-11-24/h6-7,17H,3-5,8-14,21H2,1-2H3,(H,22,25). The average molecular weight is 345 g/mol. The van der Waals surface area contributed by atoms with Gasteiger partial charge in [-0.05, 0) is 69.8 Å². The van der Waals surface area contributed by atoms with Crippen molar-refractivity contribution in [2.24, 2.45) is 0 Å². The summed E-state index contributed by atoms with van der Waals surface area (Å²) in [5.74, 6) is 0.0632. The van der Waals surface area contributed by atoms with Gasteiger partial charge in [0.1, 0.15) is 0 Å². The van der Waals surface area contributed by atoms with Crippen molar-refractivity contribution in [2.45, 2.75) is 52.0 Å². The van der Waals surface area contributed by atoms with Gasteiger partial charge in [0, 0.05) is 30.5 Å². The van der Waals surface area contributed by atoms with Crippen LogP contribution < -0.4 is 11.1 Å². The molecule has 3 N–H and O–H groups in total. The highest BCUT2D eigenvalue weighted by molar-refractivity contribution is 5.94. The molecule has 2 fully saturated rings. The van der Waals surface area contributed by atoms with E-state index in [9.17, 15) is 4.79 Å². The topological polar surface area (TPSA) is 61.6 Å². The molecule has 0 atom stereocenters. The number of nitrogen functional groups attached to an aromatic ring is 1. The minimum atomic E-state index is 0.0632. The zero-order chi connectivity index (χ0) is 17.8. The number of carbonyl (C=O) groups excluding carboxylic acids is 1. The van der Waals surface area contributed by atoms with Gasteiger partial charge >= 0.3 is 0 Å². The Labute approximate surface area is 151 Å². The van der Waals surface area contributed by atoms with Crippen molar-refractivity contribution in [2.75, 3.05) is 43.8 Å². The number of nitrogens with two attached hydrogens (primary N) is 1. The maximum absolute atomic E-state index is 12.5. The molecule has 0 spiro atoms. The molecule has 1 aromatic carbocycles. The van der Waals surface area contributed by atoms with Crippen LogP contribution in [-0.2, 0) is 4.79 Å². The Hall–Kier alpha value is -1.59. The Kier molecular flexibility index (Phi) is 5.97. The van der Waals surface area contributed by atoms with E-state index in [1.165, 1.54) is 45.2 Å². The quantitative estimate of drug-likeness (QED) is 0.825. The van der Waals surface area contributed by atoms with Gasteiger partial charge in [-0.25, -0.2) is 0 Å². The third kappa shape index (κ3) is 4.53. The predicted octanol–water partition coefficient (Wildman–Crippen LogP) is 2.77. The Balaban J connectivity index is 1.49. The van der Waals surface area contributed by atoms with E-state index >= 15 is 0 Å². The van der Waals surface area contributed by atoms with Crippen molar-refractivity contribution in [1.82, 2.24) is 9.80 Å². The monoisotopic (exact) mass is 344 g/mol. The van der Waals surface area contributed by atoms with Gasteiger partial charge in [-0.3, -0.25) is 9.69 Å². The summed E-state index contributed by atoms with van der Waals surface area (Å²) in [5.41, 5.74) is 9.58. The SMILES string of the molecule is Cc1ccc(N)c(C)c1NC(=O)CN1CCC(N2CCCCC2)CC1. The fourth-order valence-electron chi connectivity index (χ4n) is 4.16. The summed E-state index contributed by atoms with van der Waals surface area (Å²) < 4.78 is 0. The van der Waals surface area contributed by atoms with Crippen LogP contribution in [0.25, 0.3) is 0 Å². The van der Waals surface area contributed by atoms with Gasteiger partial charge in [-0.2, -0.15) is 0 Å². The predicted molar refractivity (Wildman–Crippen MR) is 104 cm³/mol. The van der Waals surface area contributed by atoms with Crippen molar-refractivity contribution in [1.29, 1.82) is 0 Å². The number of benzene rings is 1. The van der Waals surface area contributed by atoms with E-state index in [2.05, 4.69) is 15.1 Å². The lowest BCUT2D eigenvalue weighted by Crippen LogP contribution is -2.48. The molecular formula is C20H32N4O. The molecule has 0 bridgehead atoms. The zero-order valence-corrected chi connectivity index (χ0v) is 15.7. The second kappa shape index (κ2) is 8.19. The van der Waals surface area contributed by atoms with E-state index in [1.807, 2.05) is 26.0 Å². The number of nitrogens with one attached hydrogen (secondary N) is 1. The minimum absolute atomic E-state index is 0.0632. The fourth-order valence-corrected chi connectivity index (χ4v) is 4.16.